The molecule has 0 spiro atoms. The van der Waals surface area contributed by atoms with Gasteiger partial charge in [-0.3, -0.25) is 9.32 Å². The summed E-state index contributed by atoms with van der Waals surface area (Å²) in [5.41, 5.74) is 0. The second-order valence-corrected chi connectivity index (χ2v) is 15.9. The summed E-state index contributed by atoms with van der Waals surface area (Å²) < 4.78 is 15.9. The van der Waals surface area contributed by atoms with Crippen molar-refractivity contribution in [2.75, 3.05) is 6.61 Å². The largest absolute Gasteiger partial charge is 0.469 e. The maximum absolute atomic E-state index is 12.6. The first-order valence-electron chi connectivity index (χ1n) is 21.3. The summed E-state index contributed by atoms with van der Waals surface area (Å²) in [6.07, 6.45) is 46.4. The van der Waals surface area contributed by atoms with E-state index in [2.05, 4.69) is 35.8 Å². The monoisotopic (exact) mass is 728 g/mol. The van der Waals surface area contributed by atoms with E-state index < -0.39 is 26.6 Å². The van der Waals surface area contributed by atoms with Crippen molar-refractivity contribution in [2.45, 2.75) is 231 Å². The zero-order chi connectivity index (χ0) is 36.8. The number of unbranched alkanes of at least 4 members (excludes halogenated alkanes) is 28. The quantitative estimate of drug-likeness (QED) is 0.0284. The fraction of sp³-hybridized carbons (Fsp3) is 0.881. The molecule has 8 heteroatoms. The highest BCUT2D eigenvalue weighted by Crippen LogP contribution is 2.35. The molecule has 0 saturated carbocycles. The number of phosphoric ester groups is 1. The fourth-order valence-electron chi connectivity index (χ4n) is 6.40. The van der Waals surface area contributed by atoms with Crippen molar-refractivity contribution < 1.29 is 28.8 Å². The number of phosphoric acid groups is 1. The minimum Gasteiger partial charge on any atom is -0.387 e. The number of carbonyl (C=O) groups excluding carboxylic acids is 1. The molecule has 4 N–H and O–H groups in total. The average molecular weight is 728 g/mol. The van der Waals surface area contributed by atoms with Crippen molar-refractivity contribution in [1.29, 1.82) is 0 Å². The summed E-state index contributed by atoms with van der Waals surface area (Å²) in [7, 11) is -4.71. The van der Waals surface area contributed by atoms with Gasteiger partial charge in [0.25, 0.3) is 0 Å². The van der Waals surface area contributed by atoms with Crippen LogP contribution < -0.4 is 5.32 Å². The van der Waals surface area contributed by atoms with Crippen LogP contribution in [0.4, 0.5) is 0 Å². The lowest BCUT2D eigenvalue weighted by Crippen LogP contribution is -2.45. The molecule has 0 saturated heterocycles. The molecule has 0 fully saturated rings. The maximum Gasteiger partial charge on any atom is 0.469 e. The van der Waals surface area contributed by atoms with Crippen molar-refractivity contribution >= 4 is 13.7 Å². The Labute approximate surface area is 309 Å². The smallest absolute Gasteiger partial charge is 0.387 e. The van der Waals surface area contributed by atoms with Gasteiger partial charge in [-0.15, -0.1) is 0 Å². The van der Waals surface area contributed by atoms with E-state index in [1.807, 2.05) is 6.08 Å². The Kier molecular flexibility index (Phi) is 37.0. The minimum absolute atomic E-state index is 0.226. The highest BCUT2D eigenvalue weighted by molar-refractivity contribution is 7.46. The number of rotatable bonds is 39. The van der Waals surface area contributed by atoms with Crippen LogP contribution in [0.25, 0.3) is 0 Å². The molecule has 0 heterocycles. The van der Waals surface area contributed by atoms with E-state index in [0.29, 0.717) is 6.42 Å². The topological polar surface area (TPSA) is 116 Å². The number of nitrogens with one attached hydrogen (secondary N) is 1. The molecule has 1 amide bonds. The van der Waals surface area contributed by atoms with Gasteiger partial charge >= 0.3 is 7.82 Å². The van der Waals surface area contributed by atoms with Crippen LogP contribution in [0.2, 0.25) is 0 Å². The molecule has 7 nitrogen and oxygen atoms in total. The number of allylic oxidation sites excluding steroid dienone is 3. The molecular weight excluding hydrogens is 645 g/mol. The van der Waals surface area contributed by atoms with Crippen molar-refractivity contribution in [1.82, 2.24) is 5.32 Å². The second-order valence-electron chi connectivity index (χ2n) is 14.7. The van der Waals surface area contributed by atoms with Crippen molar-refractivity contribution in [3.63, 3.8) is 0 Å². The van der Waals surface area contributed by atoms with Gasteiger partial charge in [0, 0.05) is 6.42 Å². The van der Waals surface area contributed by atoms with Crippen molar-refractivity contribution in [3.8, 4) is 0 Å². The molecule has 0 aromatic rings. The number of hydrogen-bond donors (Lipinski definition) is 4. The third-order valence-corrected chi connectivity index (χ3v) is 10.1. The SMILES string of the molecule is CCCCCCCC/C=C\CCCCCCCCCCCCCCCC(=O)N[C@@H](COP(=O)(O)O)[C@H](O)/C=C/CCCCCCCCCCC. The zero-order valence-electron chi connectivity index (χ0n) is 32.8. The van der Waals surface area contributed by atoms with E-state index in [-0.39, 0.29) is 5.91 Å². The second kappa shape index (κ2) is 37.8. The minimum atomic E-state index is -4.71. The Bertz CT molecular complexity index is 829. The van der Waals surface area contributed by atoms with Crippen molar-refractivity contribution in [2.24, 2.45) is 0 Å². The van der Waals surface area contributed by atoms with Crippen LogP contribution in [0.5, 0.6) is 0 Å². The summed E-state index contributed by atoms with van der Waals surface area (Å²) in [6, 6.07) is -0.906. The summed E-state index contributed by atoms with van der Waals surface area (Å²) in [5.74, 6) is -0.226. The van der Waals surface area contributed by atoms with Crippen molar-refractivity contribution in [3.05, 3.63) is 24.3 Å². The Hall–Kier alpha value is -0.980. The van der Waals surface area contributed by atoms with Gasteiger partial charge in [0.15, 0.2) is 0 Å². The van der Waals surface area contributed by atoms with Gasteiger partial charge in [0.05, 0.1) is 18.8 Å². The first-order valence-corrected chi connectivity index (χ1v) is 22.8. The number of hydrogen-bond acceptors (Lipinski definition) is 4. The summed E-state index contributed by atoms with van der Waals surface area (Å²) in [4.78, 5) is 30.8. The molecule has 0 bridgehead atoms. The molecular formula is C42H82NO6P. The number of carbonyl (C=O) groups is 1. The summed E-state index contributed by atoms with van der Waals surface area (Å²) >= 11 is 0. The lowest BCUT2D eigenvalue weighted by molar-refractivity contribution is -0.123. The van der Waals surface area contributed by atoms with Gasteiger partial charge in [-0.05, 0) is 44.9 Å². The molecule has 0 radical (unpaired) electrons. The zero-order valence-corrected chi connectivity index (χ0v) is 33.7. The Morgan fingerprint density at radius 3 is 1.28 bits per heavy atom. The van der Waals surface area contributed by atoms with Gasteiger partial charge in [0.1, 0.15) is 0 Å². The predicted octanol–water partition coefficient (Wildman–Crippen LogP) is 12.6. The normalized spacial score (nSPS) is 13.5. The first-order chi connectivity index (χ1) is 24.3. The summed E-state index contributed by atoms with van der Waals surface area (Å²) in [6.45, 7) is 4.06. The molecule has 50 heavy (non-hydrogen) atoms. The number of aliphatic hydroxyl groups excluding tert-OH is 1. The first kappa shape index (κ1) is 49.0. The summed E-state index contributed by atoms with van der Waals surface area (Å²) in [5, 5.41) is 13.4. The third kappa shape index (κ3) is 38.3. The predicted molar refractivity (Wildman–Crippen MR) is 213 cm³/mol. The van der Waals surface area contributed by atoms with Gasteiger partial charge in [-0.2, -0.15) is 0 Å². The van der Waals surface area contributed by atoms with Crippen LogP contribution in [0.3, 0.4) is 0 Å². The lowest BCUT2D eigenvalue weighted by atomic mass is 10.0. The van der Waals surface area contributed by atoms with Crippen LogP contribution in [0.15, 0.2) is 24.3 Å². The number of amides is 1. The van der Waals surface area contributed by atoms with E-state index in [1.54, 1.807) is 6.08 Å². The van der Waals surface area contributed by atoms with Gasteiger partial charge in [0.2, 0.25) is 5.91 Å². The Morgan fingerprint density at radius 1 is 0.560 bits per heavy atom. The molecule has 296 valence electrons. The molecule has 0 aliphatic carbocycles. The van der Waals surface area contributed by atoms with Gasteiger partial charge in [-0.25, -0.2) is 4.57 Å². The maximum atomic E-state index is 12.6. The molecule has 0 unspecified atom stereocenters. The van der Waals surface area contributed by atoms with E-state index in [0.717, 1.165) is 38.5 Å². The third-order valence-electron chi connectivity index (χ3n) is 9.65. The fourth-order valence-corrected chi connectivity index (χ4v) is 6.75. The molecule has 0 aromatic heterocycles. The molecule has 0 aromatic carbocycles. The van der Waals surface area contributed by atoms with E-state index in [1.165, 1.54) is 161 Å². The van der Waals surface area contributed by atoms with Crippen LogP contribution in [0, 0.1) is 0 Å². The standard InChI is InChI=1S/C42H82NO6P/c1-3-5-7-9-11-13-15-16-17-18-19-20-21-22-23-24-25-26-28-30-32-34-36-38-42(45)43-40(39-49-50(46,47)48)41(44)37-35-33-31-29-27-14-12-10-8-6-4-2/h16-17,35,37,40-41,44H,3-15,18-34,36,38-39H2,1-2H3,(H,43,45)(H2,46,47,48)/b17-16-,37-35+/t40-,41+/m0/s1. The molecule has 2 atom stereocenters. The Morgan fingerprint density at radius 2 is 0.900 bits per heavy atom. The average Bonchev–Trinajstić information content (AvgIpc) is 3.08. The van der Waals surface area contributed by atoms with Crippen LogP contribution in [-0.4, -0.2) is 39.6 Å². The number of aliphatic hydroxyl groups is 1. The lowest BCUT2D eigenvalue weighted by Gasteiger charge is -2.22. The Balaban J connectivity index is 3.84. The highest BCUT2D eigenvalue weighted by Gasteiger charge is 2.24. The van der Waals surface area contributed by atoms with Gasteiger partial charge in [-0.1, -0.05) is 192 Å². The van der Waals surface area contributed by atoms with Crippen LogP contribution >= 0.6 is 7.82 Å². The van der Waals surface area contributed by atoms with Crippen LogP contribution in [-0.2, 0) is 13.9 Å². The van der Waals surface area contributed by atoms with Gasteiger partial charge < -0.3 is 20.2 Å². The molecule has 0 rings (SSSR count). The van der Waals surface area contributed by atoms with E-state index in [4.69, 9.17) is 9.79 Å². The van der Waals surface area contributed by atoms with Crippen LogP contribution in [0.1, 0.15) is 219 Å². The molecule has 0 aliphatic heterocycles. The highest BCUT2D eigenvalue weighted by atomic mass is 31.2. The van der Waals surface area contributed by atoms with E-state index in [9.17, 15) is 14.5 Å². The van der Waals surface area contributed by atoms with E-state index >= 15 is 0 Å². The molecule has 0 aliphatic rings.